The summed E-state index contributed by atoms with van der Waals surface area (Å²) in [5.74, 6) is 0.753. The molecule has 0 saturated carbocycles. The van der Waals surface area contributed by atoms with Crippen molar-refractivity contribution in [2.75, 3.05) is 19.5 Å². The van der Waals surface area contributed by atoms with E-state index in [1.54, 1.807) is 32.4 Å². The van der Waals surface area contributed by atoms with Crippen molar-refractivity contribution in [2.45, 2.75) is 13.5 Å². The highest BCUT2D eigenvalue weighted by molar-refractivity contribution is 7.22. The summed E-state index contributed by atoms with van der Waals surface area (Å²) in [6.07, 6.45) is 0. The molecule has 0 spiro atoms. The highest BCUT2D eigenvalue weighted by Crippen LogP contribution is 2.31. The van der Waals surface area contributed by atoms with Gasteiger partial charge >= 0.3 is 0 Å². The van der Waals surface area contributed by atoms with Gasteiger partial charge in [0.1, 0.15) is 6.54 Å². The Labute approximate surface area is 182 Å². The van der Waals surface area contributed by atoms with Gasteiger partial charge in [-0.05, 0) is 48.9 Å². The van der Waals surface area contributed by atoms with Crippen molar-refractivity contribution in [3.63, 3.8) is 0 Å². The molecular weight excluding hydrogens is 416 g/mol. The van der Waals surface area contributed by atoms with Crippen LogP contribution in [-0.2, 0) is 11.3 Å². The number of benzene rings is 2. The highest BCUT2D eigenvalue weighted by atomic mass is 32.1. The lowest BCUT2D eigenvalue weighted by molar-refractivity contribution is -0.117. The van der Waals surface area contributed by atoms with Crippen LogP contribution < -0.4 is 20.3 Å². The second kappa shape index (κ2) is 8.57. The summed E-state index contributed by atoms with van der Waals surface area (Å²) in [5.41, 5.74) is 2.82. The fourth-order valence-electron chi connectivity index (χ4n) is 3.09. The first kappa shape index (κ1) is 20.5. The van der Waals surface area contributed by atoms with E-state index >= 15 is 0 Å². The third-order valence-corrected chi connectivity index (χ3v) is 5.56. The number of nitrogens with one attached hydrogen (secondary N) is 1. The molecule has 158 valence electrons. The Morgan fingerprint density at radius 3 is 2.65 bits per heavy atom. The van der Waals surface area contributed by atoms with Crippen molar-refractivity contribution in [3.8, 4) is 22.8 Å². The number of nitrogens with zero attached hydrogens (tertiary/aromatic N) is 3. The fraction of sp³-hybridized carbons (Fsp3) is 0.182. The summed E-state index contributed by atoms with van der Waals surface area (Å²) in [4.78, 5) is 29.2. The van der Waals surface area contributed by atoms with Crippen LogP contribution in [0.3, 0.4) is 0 Å². The molecule has 2 heterocycles. The van der Waals surface area contributed by atoms with Crippen molar-refractivity contribution >= 4 is 32.6 Å². The average molecular weight is 436 g/mol. The maximum absolute atomic E-state index is 12.5. The molecule has 4 aromatic rings. The van der Waals surface area contributed by atoms with Crippen molar-refractivity contribution in [3.05, 3.63) is 64.4 Å². The summed E-state index contributed by atoms with van der Waals surface area (Å²) in [6, 6.07) is 14.2. The van der Waals surface area contributed by atoms with Gasteiger partial charge in [-0.15, -0.1) is 0 Å². The Morgan fingerprint density at radius 1 is 1.06 bits per heavy atom. The number of anilines is 1. The van der Waals surface area contributed by atoms with Crippen molar-refractivity contribution in [1.82, 2.24) is 14.8 Å². The smallest absolute Gasteiger partial charge is 0.267 e. The van der Waals surface area contributed by atoms with Gasteiger partial charge in [-0.25, -0.2) is 9.67 Å². The first-order chi connectivity index (χ1) is 15.0. The number of fused-ring (bicyclic) bond motifs is 1. The molecule has 4 rings (SSSR count). The number of amides is 1. The van der Waals surface area contributed by atoms with Gasteiger partial charge in [0.2, 0.25) is 5.91 Å². The largest absolute Gasteiger partial charge is 0.493 e. The summed E-state index contributed by atoms with van der Waals surface area (Å²) < 4.78 is 12.7. The Bertz CT molecular complexity index is 1330. The predicted molar refractivity (Wildman–Crippen MR) is 120 cm³/mol. The number of carbonyl (C=O) groups excluding carboxylic acids is 1. The van der Waals surface area contributed by atoms with Crippen molar-refractivity contribution < 1.29 is 14.3 Å². The molecule has 0 atom stereocenters. The zero-order chi connectivity index (χ0) is 22.0. The van der Waals surface area contributed by atoms with Crippen LogP contribution in [0.2, 0.25) is 0 Å². The zero-order valence-corrected chi connectivity index (χ0v) is 18.0. The lowest BCUT2D eigenvalue weighted by Crippen LogP contribution is -2.29. The number of hydrogen-bond donors (Lipinski definition) is 1. The Hall–Kier alpha value is -3.72. The van der Waals surface area contributed by atoms with Gasteiger partial charge in [0, 0.05) is 11.6 Å². The second-order valence-corrected chi connectivity index (χ2v) is 7.85. The van der Waals surface area contributed by atoms with Crippen LogP contribution in [0.4, 0.5) is 5.13 Å². The van der Waals surface area contributed by atoms with Crippen LogP contribution >= 0.6 is 11.3 Å². The Balaban J connectivity index is 1.55. The molecule has 2 aromatic carbocycles. The van der Waals surface area contributed by atoms with E-state index in [4.69, 9.17) is 9.47 Å². The van der Waals surface area contributed by atoms with Gasteiger partial charge in [-0.2, -0.15) is 5.10 Å². The quantitative estimate of drug-likeness (QED) is 0.497. The van der Waals surface area contributed by atoms with Crippen LogP contribution in [0, 0.1) is 6.92 Å². The minimum Gasteiger partial charge on any atom is -0.493 e. The predicted octanol–water partition coefficient (Wildman–Crippen LogP) is 3.48. The van der Waals surface area contributed by atoms with Gasteiger partial charge in [0.05, 0.1) is 30.1 Å². The molecule has 1 amide bonds. The van der Waals surface area contributed by atoms with E-state index in [-0.39, 0.29) is 18.0 Å². The molecular formula is C22H20N4O4S. The van der Waals surface area contributed by atoms with Crippen LogP contribution in [0.25, 0.3) is 21.5 Å². The normalized spacial score (nSPS) is 10.8. The first-order valence-corrected chi connectivity index (χ1v) is 10.3. The third kappa shape index (κ3) is 4.41. The van der Waals surface area contributed by atoms with Gasteiger partial charge in [0.15, 0.2) is 16.6 Å². The molecule has 31 heavy (non-hydrogen) atoms. The van der Waals surface area contributed by atoms with Crippen molar-refractivity contribution in [2.24, 2.45) is 0 Å². The molecule has 0 aliphatic rings. The number of methoxy groups -OCH3 is 2. The van der Waals surface area contributed by atoms with Crippen LogP contribution in [0.15, 0.2) is 53.3 Å². The molecule has 0 radical (unpaired) electrons. The number of aryl methyl sites for hydroxylation is 1. The van der Waals surface area contributed by atoms with E-state index < -0.39 is 0 Å². The minimum atomic E-state index is -0.380. The molecule has 1 N–H and O–H groups in total. The fourth-order valence-corrected chi connectivity index (χ4v) is 4.07. The maximum atomic E-state index is 12.5. The molecule has 0 bridgehead atoms. The Kier molecular flexibility index (Phi) is 5.68. The maximum Gasteiger partial charge on any atom is 0.267 e. The van der Waals surface area contributed by atoms with E-state index in [0.717, 1.165) is 26.0 Å². The number of rotatable bonds is 6. The molecule has 0 fully saturated rings. The summed E-state index contributed by atoms with van der Waals surface area (Å²) in [6.45, 7) is 1.77. The third-order valence-electron chi connectivity index (χ3n) is 4.63. The first-order valence-electron chi connectivity index (χ1n) is 9.44. The second-order valence-electron chi connectivity index (χ2n) is 6.82. The average Bonchev–Trinajstić information content (AvgIpc) is 3.15. The molecule has 0 aliphatic carbocycles. The SMILES string of the molecule is COc1ccc(-c2ccc(=O)n(CC(=O)Nc3nc4ccc(C)cc4s3)n2)cc1OC. The molecule has 0 aliphatic heterocycles. The van der Waals surface area contributed by atoms with Crippen LogP contribution in [0.5, 0.6) is 11.5 Å². The number of thiazole rings is 1. The highest BCUT2D eigenvalue weighted by Gasteiger charge is 2.12. The summed E-state index contributed by atoms with van der Waals surface area (Å²) >= 11 is 1.39. The summed E-state index contributed by atoms with van der Waals surface area (Å²) in [5, 5.41) is 7.57. The number of carbonyl (C=O) groups is 1. The van der Waals surface area contributed by atoms with E-state index in [1.165, 1.54) is 17.4 Å². The standard InChI is InChI=1S/C22H20N4O4S/c1-13-4-6-16-19(10-13)31-22(23-16)24-20(27)12-26-21(28)9-7-15(25-26)14-5-8-17(29-2)18(11-14)30-3/h4-11H,12H2,1-3H3,(H,23,24,27). The van der Waals surface area contributed by atoms with Gasteiger partial charge in [0.25, 0.3) is 5.56 Å². The summed E-state index contributed by atoms with van der Waals surface area (Å²) in [7, 11) is 3.10. The number of ether oxygens (including phenoxy) is 2. The molecule has 8 nitrogen and oxygen atoms in total. The molecule has 9 heteroatoms. The lowest BCUT2D eigenvalue weighted by atomic mass is 10.1. The zero-order valence-electron chi connectivity index (χ0n) is 17.2. The monoisotopic (exact) mass is 436 g/mol. The van der Waals surface area contributed by atoms with Crippen LogP contribution in [0.1, 0.15) is 5.56 Å². The minimum absolute atomic E-state index is 0.227. The van der Waals surface area contributed by atoms with Crippen molar-refractivity contribution in [1.29, 1.82) is 0 Å². The van der Waals surface area contributed by atoms with Gasteiger partial charge in [-0.3, -0.25) is 9.59 Å². The molecule has 2 aromatic heterocycles. The van der Waals surface area contributed by atoms with E-state index in [9.17, 15) is 9.59 Å². The van der Waals surface area contributed by atoms with Gasteiger partial charge < -0.3 is 14.8 Å². The number of aromatic nitrogens is 3. The molecule has 0 saturated heterocycles. The van der Waals surface area contributed by atoms with E-state index in [0.29, 0.717) is 22.3 Å². The van der Waals surface area contributed by atoms with E-state index in [1.807, 2.05) is 31.2 Å². The van der Waals surface area contributed by atoms with Gasteiger partial charge in [-0.1, -0.05) is 17.4 Å². The Morgan fingerprint density at radius 2 is 1.87 bits per heavy atom. The number of hydrogen-bond acceptors (Lipinski definition) is 7. The van der Waals surface area contributed by atoms with E-state index in [2.05, 4.69) is 15.4 Å². The molecule has 0 unspecified atom stereocenters. The van der Waals surface area contributed by atoms with Crippen LogP contribution in [-0.4, -0.2) is 34.9 Å². The lowest BCUT2D eigenvalue weighted by Gasteiger charge is -2.10. The topological polar surface area (TPSA) is 95.3 Å².